The Bertz CT molecular complexity index is 4100. The lowest BCUT2D eigenvalue weighted by molar-refractivity contribution is -0.152. The number of nitrogens with zero attached hydrogens (tertiary/aromatic N) is 2. The molecule has 22 N–H and O–H groups in total. The van der Waals surface area contributed by atoms with E-state index in [1.54, 1.807) is 74.6 Å². The van der Waals surface area contributed by atoms with E-state index in [2.05, 4.69) is 52.8 Å². The molecule has 0 spiro atoms. The van der Waals surface area contributed by atoms with Gasteiger partial charge in [-0.05, 0) is 128 Å². The number of aromatic hydroxyl groups is 1. The molecule has 0 radical (unpaired) electrons. The second-order valence-corrected chi connectivity index (χ2v) is 26.9. The highest BCUT2D eigenvalue weighted by Crippen LogP contribution is 2.25. The first-order valence-electron chi connectivity index (χ1n) is 34.6. The number of hydrogen-bond donors (Lipinski definition) is 18. The van der Waals surface area contributed by atoms with Gasteiger partial charge in [0.2, 0.25) is 65.0 Å². The Morgan fingerprint density at radius 3 is 1.76 bits per heavy atom. The van der Waals surface area contributed by atoms with Gasteiger partial charge in [0.1, 0.15) is 60.1 Å². The minimum absolute atomic E-state index is 0.0145. The Labute approximate surface area is 612 Å². The number of primary amides is 1. The zero-order valence-corrected chi connectivity index (χ0v) is 59.7. The highest BCUT2D eigenvalue weighted by molar-refractivity contribution is 6.30. The van der Waals surface area contributed by atoms with Gasteiger partial charge in [0.25, 0.3) is 0 Å². The van der Waals surface area contributed by atoms with Crippen molar-refractivity contribution in [1.29, 1.82) is 10.8 Å². The molecular weight excluding hydrogens is 1370 g/mol. The first-order chi connectivity index (χ1) is 50.0. The molecule has 1 fully saturated rings. The molecule has 1 aliphatic heterocycles. The number of imide groups is 1. The summed E-state index contributed by atoms with van der Waals surface area (Å²) in [6, 6.07) is 17.6. The molecule has 5 aromatic carbocycles. The maximum Gasteiger partial charge on any atom is 0.247 e. The third-order valence-electron chi connectivity index (χ3n) is 17.9. The van der Waals surface area contributed by atoms with Crippen LogP contribution in [-0.2, 0) is 78.4 Å². The zero-order chi connectivity index (χ0) is 76.6. The number of carbonyl (C=O) groups excluding carboxylic acids is 11. The summed E-state index contributed by atoms with van der Waals surface area (Å²) in [5.41, 5.74) is 25.8. The van der Waals surface area contributed by atoms with Gasteiger partial charge < -0.3 is 90.9 Å². The molecule has 0 aliphatic carbocycles. The molecule has 0 unspecified atom stereocenters. The summed E-state index contributed by atoms with van der Waals surface area (Å²) in [4.78, 5) is 163. The van der Waals surface area contributed by atoms with E-state index in [-0.39, 0.29) is 101 Å². The van der Waals surface area contributed by atoms with Gasteiger partial charge in [-0.3, -0.25) is 68.5 Å². The number of aliphatic hydroxyl groups is 1. The number of carbonyl (C=O) groups is 11. The van der Waals surface area contributed by atoms with Crippen LogP contribution in [0.15, 0.2) is 121 Å². The van der Waals surface area contributed by atoms with Crippen LogP contribution in [0.1, 0.15) is 94.9 Å². The third-order valence-corrected chi connectivity index (χ3v) is 18.1. The lowest BCUT2D eigenvalue weighted by Gasteiger charge is -2.32. The number of benzene rings is 5. The number of phenols is 1. The summed E-state index contributed by atoms with van der Waals surface area (Å²) < 4.78 is 0. The normalized spacial score (nSPS) is 15.2. The highest BCUT2D eigenvalue weighted by atomic mass is 35.5. The number of nitrogens with one attached hydrogen (secondary N) is 12. The van der Waals surface area contributed by atoms with Crippen molar-refractivity contribution in [2.45, 2.75) is 159 Å². The molecule has 0 bridgehead atoms. The van der Waals surface area contributed by atoms with E-state index >= 15 is 9.59 Å². The van der Waals surface area contributed by atoms with Crippen molar-refractivity contribution >= 4 is 110 Å². The number of likely N-dealkylation sites (tertiary alicyclic amines) is 1. The predicted molar refractivity (Wildman–Crippen MR) is 394 cm³/mol. The van der Waals surface area contributed by atoms with Crippen LogP contribution in [-0.4, -0.2) is 189 Å². The number of aromatic amines is 1. The van der Waals surface area contributed by atoms with Crippen LogP contribution >= 0.6 is 11.6 Å². The number of para-hydroxylation sites is 1. The van der Waals surface area contributed by atoms with Gasteiger partial charge in [-0.15, -0.1) is 0 Å². The van der Waals surface area contributed by atoms with E-state index in [0.717, 1.165) is 22.6 Å². The van der Waals surface area contributed by atoms with Crippen molar-refractivity contribution in [2.24, 2.45) is 28.9 Å². The lowest BCUT2D eigenvalue weighted by atomic mass is 9.98. The molecule has 0 saturated carbocycles. The molecule has 1 aliphatic rings. The standard InChI is InChI=1S/C73H95ClN18O13/c1-40(2)32-56(64(98)86-55(17-10-30-82-73(79)80)71(105)91-31-11-18-60(91)68(102)84-41(3)62(76)96)87-63(97)54(16-9-29-81-72(77)78)85-65(99)57(35-43-22-27-50(95)28-23-43)88-67(101)59(39-93)90-66(100)58(37-48-38-83-53-15-8-7-14-51(48)53)89-69(103)61(36-44-20-25-49(74)26-21-44)92(42(4)94)70(104)52(75)34-45-19-24-46-12-5-6-13-47(46)33-45/h5-8,12-15,19-28,33,38,40-41,52,54-61,83,93,95H,9-11,16-18,29-32,34-37,39,75H2,1-4H3,(H2,76,96)(H,84,102)(H,85,99)(H,86,98)(H,87,97)(H,88,101)(H,89,103)(H,90,100)(H4,77,78,81)(H4,79,80,82)/t41-,52+,54-,55+,56+,57+,58-,59+,60+,61+/m1/s1. The third kappa shape index (κ3) is 23.9. The Morgan fingerprint density at radius 1 is 0.610 bits per heavy atom. The molecule has 562 valence electrons. The summed E-state index contributed by atoms with van der Waals surface area (Å²) in [5, 5.41) is 63.3. The van der Waals surface area contributed by atoms with Crippen LogP contribution in [0.2, 0.25) is 5.02 Å². The van der Waals surface area contributed by atoms with E-state index in [0.29, 0.717) is 44.6 Å². The minimum atomic E-state index is -1.88. The molecular formula is C73H95ClN18O13. The summed E-state index contributed by atoms with van der Waals surface area (Å²) in [6.45, 7) is 5.20. The number of amides is 11. The van der Waals surface area contributed by atoms with E-state index in [1.807, 2.05) is 36.4 Å². The number of nitrogens with two attached hydrogens (primary N) is 4. The second kappa shape index (κ2) is 38.9. The van der Waals surface area contributed by atoms with Crippen molar-refractivity contribution in [3.63, 3.8) is 0 Å². The van der Waals surface area contributed by atoms with Gasteiger partial charge in [0.15, 0.2) is 11.9 Å². The van der Waals surface area contributed by atoms with Gasteiger partial charge in [-0.1, -0.05) is 110 Å². The van der Waals surface area contributed by atoms with Gasteiger partial charge >= 0.3 is 0 Å². The maximum atomic E-state index is 15.2. The Kier molecular flexibility index (Phi) is 30.1. The van der Waals surface area contributed by atoms with Crippen LogP contribution in [0.4, 0.5) is 0 Å². The van der Waals surface area contributed by atoms with Crippen molar-refractivity contribution in [2.75, 3.05) is 26.2 Å². The molecule has 32 heteroatoms. The van der Waals surface area contributed by atoms with Gasteiger partial charge in [0, 0.05) is 67.9 Å². The van der Waals surface area contributed by atoms with Crippen LogP contribution in [0.25, 0.3) is 21.7 Å². The molecule has 11 amide bonds. The van der Waals surface area contributed by atoms with E-state index < -0.39 is 138 Å². The number of halogens is 1. The molecule has 10 atom stereocenters. The topological polar surface area (TPSA) is 511 Å². The van der Waals surface area contributed by atoms with Crippen LogP contribution in [0.5, 0.6) is 5.75 Å². The monoisotopic (exact) mass is 1470 g/mol. The number of phenolic OH excluding ortho intramolecular Hbond substituents is 1. The van der Waals surface area contributed by atoms with E-state index in [4.69, 9.17) is 45.4 Å². The minimum Gasteiger partial charge on any atom is -0.508 e. The molecule has 1 saturated heterocycles. The number of hydrogen-bond acceptors (Lipinski definition) is 16. The van der Waals surface area contributed by atoms with Crippen molar-refractivity contribution < 1.29 is 63.0 Å². The lowest BCUT2D eigenvalue weighted by Crippen LogP contribution is -2.62. The maximum absolute atomic E-state index is 15.2. The number of rotatable bonds is 37. The first kappa shape index (κ1) is 81.1. The Hall–Kier alpha value is -11.2. The van der Waals surface area contributed by atoms with Gasteiger partial charge in [-0.25, -0.2) is 0 Å². The van der Waals surface area contributed by atoms with Crippen LogP contribution < -0.4 is 70.8 Å². The quantitative estimate of drug-likeness (QED) is 0.0143. The van der Waals surface area contributed by atoms with Gasteiger partial charge in [0.05, 0.1) is 12.6 Å². The summed E-state index contributed by atoms with van der Waals surface area (Å²) >= 11 is 6.27. The number of fused-ring (bicyclic) bond motifs is 2. The second-order valence-electron chi connectivity index (χ2n) is 26.5. The van der Waals surface area contributed by atoms with Crippen LogP contribution in [0.3, 0.4) is 0 Å². The number of guanidine groups is 2. The first-order valence-corrected chi connectivity index (χ1v) is 35.0. The number of aromatic nitrogens is 1. The number of aliphatic hydroxyl groups excluding tert-OH is 1. The SMILES string of the molecule is CC(=O)N(C(=O)[C@@H](N)Cc1ccc2ccccc2c1)[C@@H](Cc1ccc(Cl)cc1)C(=O)N[C@H](Cc1c[nH]c2ccccc12)C(=O)N[C@@H](CO)C(=O)N[C@@H](Cc1ccc(O)cc1)C(=O)N[C@H](CCCNC(=N)N)C(=O)N[C@@H](CC(C)C)C(=O)N[C@@H](CCCNC(=N)N)C(=O)N1CCC[C@H]1C(=O)N[C@H](C)C(N)=O. The van der Waals surface area contributed by atoms with Crippen LogP contribution in [0, 0.1) is 16.7 Å². The molecule has 6 aromatic rings. The predicted octanol–water partition coefficient (Wildman–Crippen LogP) is 0.476. The molecule has 105 heavy (non-hydrogen) atoms. The fourth-order valence-electron chi connectivity index (χ4n) is 12.4. The molecule has 31 nitrogen and oxygen atoms in total. The average Bonchev–Trinajstić information content (AvgIpc) is 1.71. The van der Waals surface area contributed by atoms with E-state index in [1.165, 1.54) is 36.1 Å². The smallest absolute Gasteiger partial charge is 0.247 e. The fourth-order valence-corrected chi connectivity index (χ4v) is 12.5. The van der Waals surface area contributed by atoms with E-state index in [9.17, 15) is 53.4 Å². The molecule has 1 aromatic heterocycles. The summed E-state index contributed by atoms with van der Waals surface area (Å²) in [6.07, 6.45) is 1.35. The summed E-state index contributed by atoms with van der Waals surface area (Å²) in [5.74, 6) is -10.9. The average molecular weight is 1470 g/mol. The number of H-pyrrole nitrogens is 1. The largest absolute Gasteiger partial charge is 0.508 e. The van der Waals surface area contributed by atoms with Crippen molar-refractivity contribution in [1.82, 2.24) is 62.6 Å². The Balaban J connectivity index is 1.16. The van der Waals surface area contributed by atoms with Crippen molar-refractivity contribution in [3.05, 3.63) is 149 Å². The zero-order valence-electron chi connectivity index (χ0n) is 59.0. The fraction of sp³-hybridized carbons (Fsp3) is 0.411. The van der Waals surface area contributed by atoms with Crippen molar-refractivity contribution in [3.8, 4) is 5.75 Å². The van der Waals surface area contributed by atoms with Gasteiger partial charge in [-0.2, -0.15) is 0 Å². The summed E-state index contributed by atoms with van der Waals surface area (Å²) in [7, 11) is 0. The molecule has 2 heterocycles. The molecule has 7 rings (SSSR count). The Morgan fingerprint density at radius 2 is 1.13 bits per heavy atom. The highest BCUT2D eigenvalue weighted by Gasteiger charge is 2.42.